The molecule has 26 heavy (non-hydrogen) atoms. The summed E-state index contributed by atoms with van der Waals surface area (Å²) in [5.41, 5.74) is 0. The molecule has 0 aliphatic carbocycles. The van der Waals surface area contributed by atoms with Gasteiger partial charge in [0.25, 0.3) is 19.9 Å². The summed E-state index contributed by atoms with van der Waals surface area (Å²) in [6.07, 6.45) is -0.178. The number of carbonyl (C=O) groups is 1. The fraction of sp³-hybridized carbons (Fsp3) is 0.727. The summed E-state index contributed by atoms with van der Waals surface area (Å²) in [5.74, 6) is -10.8. The average molecular weight is 434 g/mol. The highest BCUT2D eigenvalue weighted by atomic mass is 32.2. The summed E-state index contributed by atoms with van der Waals surface area (Å²) in [7, 11) is -13.4. The topological polar surface area (TPSA) is 120 Å². The number of carbonyl (C=O) groups excluding carboxylic acids is 1. The molecule has 7 nitrogen and oxygen atoms in total. The first kappa shape index (κ1) is 24.7. The molecule has 0 bridgehead atoms. The molecule has 0 saturated carbocycles. The highest BCUT2D eigenvalue weighted by Crippen LogP contribution is 2.52. The Morgan fingerprint density at radius 1 is 0.962 bits per heavy atom. The van der Waals surface area contributed by atoms with Gasteiger partial charge in [-0.2, -0.15) is 26.3 Å². The van der Waals surface area contributed by atoms with E-state index in [1.54, 1.807) is 0 Å². The molecule has 0 aliphatic rings. The molecule has 0 amide bonds. The summed E-state index contributed by atoms with van der Waals surface area (Å²) in [4.78, 5) is 8.70. The van der Waals surface area contributed by atoms with Crippen LogP contribution < -0.4 is 9.83 Å². The summed E-state index contributed by atoms with van der Waals surface area (Å²) in [5, 5.41) is -2.33. The molecule has 0 spiro atoms. The molecule has 0 saturated heterocycles. The van der Waals surface area contributed by atoms with E-state index < -0.39 is 59.3 Å². The number of sulfonamides is 1. The fourth-order valence-corrected chi connectivity index (χ4v) is 4.25. The van der Waals surface area contributed by atoms with E-state index in [-0.39, 0.29) is 20.3 Å². The number of sulfone groups is 1. The SMILES string of the molecule is CCCNS(=O)(=O)C(F)(F)C(F)(F)C(F)(F)S(=O)(=O)/C(C(C)=O)=C(/C)[O-]. The van der Waals surface area contributed by atoms with Crippen molar-refractivity contribution in [2.75, 3.05) is 6.54 Å². The molecule has 0 atom stereocenters. The molecular formula is C11H14F6NO6S2-. The lowest BCUT2D eigenvalue weighted by Crippen LogP contribution is -2.63. The molecule has 0 aromatic heterocycles. The number of ketones is 1. The van der Waals surface area contributed by atoms with E-state index in [0.717, 1.165) is 4.72 Å². The Labute approximate surface area is 145 Å². The number of hydrogen-bond donors (Lipinski definition) is 1. The van der Waals surface area contributed by atoms with Gasteiger partial charge in [0.2, 0.25) is 0 Å². The predicted molar refractivity (Wildman–Crippen MR) is 74.4 cm³/mol. The second-order valence-corrected chi connectivity index (χ2v) is 8.69. The maximum Gasteiger partial charge on any atom is 0.428 e. The average Bonchev–Trinajstić information content (AvgIpc) is 2.42. The van der Waals surface area contributed by atoms with Crippen molar-refractivity contribution in [1.29, 1.82) is 0 Å². The smallest absolute Gasteiger partial charge is 0.428 e. The second-order valence-electron chi connectivity index (χ2n) is 4.95. The van der Waals surface area contributed by atoms with Gasteiger partial charge in [-0.05, 0) is 13.3 Å². The van der Waals surface area contributed by atoms with E-state index in [2.05, 4.69) is 0 Å². The number of Topliss-reactive ketones (excluding diaryl/α,β-unsaturated/α-hetero) is 1. The molecule has 0 aliphatic heterocycles. The van der Waals surface area contributed by atoms with Crippen molar-refractivity contribution in [2.24, 2.45) is 0 Å². The van der Waals surface area contributed by atoms with Crippen molar-refractivity contribution in [2.45, 2.75) is 43.6 Å². The monoisotopic (exact) mass is 434 g/mol. The van der Waals surface area contributed by atoms with Crippen LogP contribution in [0.2, 0.25) is 0 Å². The quantitative estimate of drug-likeness (QED) is 0.325. The maximum atomic E-state index is 13.9. The summed E-state index contributed by atoms with van der Waals surface area (Å²) in [6, 6.07) is 0. The maximum absolute atomic E-state index is 13.9. The van der Waals surface area contributed by atoms with Gasteiger partial charge in [0, 0.05) is 6.54 Å². The Morgan fingerprint density at radius 3 is 1.69 bits per heavy atom. The van der Waals surface area contributed by atoms with Crippen LogP contribution in [0.15, 0.2) is 10.7 Å². The number of nitrogens with one attached hydrogen (secondary N) is 1. The third kappa shape index (κ3) is 3.69. The van der Waals surface area contributed by atoms with E-state index in [1.807, 2.05) is 0 Å². The molecule has 0 fully saturated rings. The lowest BCUT2D eigenvalue weighted by Gasteiger charge is -2.32. The van der Waals surface area contributed by atoms with E-state index in [9.17, 15) is 53.1 Å². The van der Waals surface area contributed by atoms with Crippen LogP contribution in [0.25, 0.3) is 0 Å². The van der Waals surface area contributed by atoms with Gasteiger partial charge in [0.15, 0.2) is 5.78 Å². The van der Waals surface area contributed by atoms with Gasteiger partial charge >= 0.3 is 16.4 Å². The van der Waals surface area contributed by atoms with Crippen LogP contribution in [0.3, 0.4) is 0 Å². The molecule has 0 aromatic rings. The van der Waals surface area contributed by atoms with Crippen LogP contribution in [-0.4, -0.2) is 45.6 Å². The van der Waals surface area contributed by atoms with Gasteiger partial charge in [-0.1, -0.05) is 13.8 Å². The van der Waals surface area contributed by atoms with Gasteiger partial charge in [-0.15, -0.1) is 5.76 Å². The van der Waals surface area contributed by atoms with E-state index in [0.29, 0.717) is 0 Å². The molecule has 0 rings (SSSR count). The van der Waals surface area contributed by atoms with Crippen LogP contribution in [0.4, 0.5) is 26.3 Å². The minimum absolute atomic E-state index is 0.178. The molecule has 15 heteroatoms. The molecular weight excluding hydrogens is 420 g/mol. The van der Waals surface area contributed by atoms with E-state index in [1.165, 1.54) is 6.92 Å². The molecule has 0 radical (unpaired) electrons. The fourth-order valence-electron chi connectivity index (χ4n) is 1.59. The first-order chi connectivity index (χ1) is 11.3. The molecule has 1 N–H and O–H groups in total. The standard InChI is InChI=1S/C11H15F6NO6S2/c1-4-5-18-26(23,24)11(16,17)9(12,13)10(14,15)25(21,22)8(6(2)19)7(3)20/h18-19H,4-5H2,1-3H3/p-1/b8-6-. The lowest BCUT2D eigenvalue weighted by atomic mass is 10.3. The summed E-state index contributed by atoms with van der Waals surface area (Å²) < 4.78 is 129. The Kier molecular flexibility index (Phi) is 6.96. The molecule has 0 heterocycles. The second kappa shape index (κ2) is 7.34. The summed E-state index contributed by atoms with van der Waals surface area (Å²) in [6.45, 7) is 0.907. The normalized spacial score (nSPS) is 15.6. The number of halogens is 6. The minimum atomic E-state index is -7.02. The first-order valence-corrected chi connectivity index (χ1v) is 9.55. The van der Waals surface area contributed by atoms with Crippen LogP contribution in [0.1, 0.15) is 27.2 Å². The Bertz CT molecular complexity index is 799. The number of allylic oxidation sites excluding steroid dienone is 2. The van der Waals surface area contributed by atoms with Crippen molar-refractivity contribution in [3.8, 4) is 0 Å². The Hall–Kier alpha value is -1.35. The van der Waals surface area contributed by atoms with Crippen LogP contribution in [0, 0.1) is 0 Å². The highest BCUT2D eigenvalue weighted by molar-refractivity contribution is 7.97. The molecule has 154 valence electrons. The third-order valence-corrected chi connectivity index (χ3v) is 6.42. The Morgan fingerprint density at radius 2 is 1.38 bits per heavy atom. The molecule has 0 aromatic carbocycles. The lowest BCUT2D eigenvalue weighted by molar-refractivity contribution is -0.302. The van der Waals surface area contributed by atoms with Gasteiger partial charge < -0.3 is 5.11 Å². The zero-order chi connectivity index (χ0) is 21.4. The van der Waals surface area contributed by atoms with Crippen molar-refractivity contribution in [3.63, 3.8) is 0 Å². The molecule has 0 unspecified atom stereocenters. The number of alkyl halides is 6. The van der Waals surface area contributed by atoms with Crippen molar-refractivity contribution in [1.82, 2.24) is 4.72 Å². The first-order valence-electron chi connectivity index (χ1n) is 6.59. The summed E-state index contributed by atoms with van der Waals surface area (Å²) >= 11 is 0. The zero-order valence-corrected chi connectivity index (χ0v) is 15.1. The Balaban J connectivity index is 6.61. The van der Waals surface area contributed by atoms with Gasteiger partial charge in [0.1, 0.15) is 4.91 Å². The van der Waals surface area contributed by atoms with E-state index in [4.69, 9.17) is 0 Å². The minimum Gasteiger partial charge on any atom is -0.875 e. The van der Waals surface area contributed by atoms with Gasteiger partial charge in [-0.3, -0.25) is 4.79 Å². The van der Waals surface area contributed by atoms with Crippen molar-refractivity contribution < 1.29 is 53.1 Å². The highest BCUT2D eigenvalue weighted by Gasteiger charge is 2.82. The van der Waals surface area contributed by atoms with E-state index >= 15 is 0 Å². The van der Waals surface area contributed by atoms with Crippen molar-refractivity contribution in [3.05, 3.63) is 10.7 Å². The number of rotatable bonds is 9. The zero-order valence-electron chi connectivity index (χ0n) is 13.4. The predicted octanol–water partition coefficient (Wildman–Crippen LogP) is 0.732. The number of hydrogen-bond acceptors (Lipinski definition) is 6. The largest absolute Gasteiger partial charge is 0.875 e. The van der Waals surface area contributed by atoms with Gasteiger partial charge in [0.05, 0.1) is 0 Å². The van der Waals surface area contributed by atoms with Crippen molar-refractivity contribution >= 4 is 25.6 Å². The van der Waals surface area contributed by atoms with Crippen LogP contribution >= 0.6 is 0 Å². The third-order valence-electron chi connectivity index (χ3n) is 2.86. The van der Waals surface area contributed by atoms with Crippen LogP contribution in [-0.2, 0) is 24.7 Å². The van der Waals surface area contributed by atoms with Crippen LogP contribution in [0.5, 0.6) is 0 Å². The van der Waals surface area contributed by atoms with Gasteiger partial charge in [-0.25, -0.2) is 21.6 Å².